The molecule has 6 heteroatoms. The van der Waals surface area contributed by atoms with E-state index in [0.717, 1.165) is 5.69 Å². The van der Waals surface area contributed by atoms with Crippen LogP contribution in [0, 0.1) is 4.64 Å². The van der Waals surface area contributed by atoms with Crippen LogP contribution in [0.4, 0.5) is 0 Å². The number of nitrogens with one attached hydrogen (secondary N) is 1. The van der Waals surface area contributed by atoms with Crippen molar-refractivity contribution in [2.45, 2.75) is 31.6 Å². The molecule has 0 aromatic carbocycles. The van der Waals surface area contributed by atoms with Crippen molar-refractivity contribution >= 4 is 12.2 Å². The predicted octanol–water partition coefficient (Wildman–Crippen LogP) is 3.26. The molecule has 0 amide bonds. The van der Waals surface area contributed by atoms with Crippen LogP contribution in [0.1, 0.15) is 37.3 Å². The van der Waals surface area contributed by atoms with Crippen LogP contribution in [0.3, 0.4) is 0 Å². The molecule has 0 unspecified atom stereocenters. The number of hydrogen-bond acceptors (Lipinski definition) is 5. The van der Waals surface area contributed by atoms with E-state index in [-0.39, 0.29) is 0 Å². The maximum atomic E-state index is 5.27. The van der Waals surface area contributed by atoms with Gasteiger partial charge in [0.2, 0.25) is 5.88 Å². The Morgan fingerprint density at radius 1 is 1.25 bits per heavy atom. The lowest BCUT2D eigenvalue weighted by molar-refractivity contribution is 0.392. The number of nitrogens with zero attached hydrogens (tertiary/aromatic N) is 3. The maximum Gasteiger partial charge on any atom is 0.233 e. The summed E-state index contributed by atoms with van der Waals surface area (Å²) in [7, 11) is 1.57. The summed E-state index contributed by atoms with van der Waals surface area (Å²) in [6.07, 6.45) is 4.99. The van der Waals surface area contributed by atoms with Crippen molar-refractivity contribution in [3.8, 4) is 17.4 Å². The Morgan fingerprint density at radius 2 is 2.05 bits per heavy atom. The first-order chi connectivity index (χ1) is 9.76. The van der Waals surface area contributed by atoms with Gasteiger partial charge in [-0.1, -0.05) is 25.1 Å². The number of methoxy groups -OCH3 is 1. The van der Waals surface area contributed by atoms with E-state index in [1.165, 1.54) is 25.7 Å². The van der Waals surface area contributed by atoms with Crippen molar-refractivity contribution in [1.29, 1.82) is 0 Å². The minimum Gasteiger partial charge on any atom is -0.480 e. The second-order valence-corrected chi connectivity index (χ2v) is 5.38. The molecule has 0 saturated heterocycles. The van der Waals surface area contributed by atoms with Gasteiger partial charge >= 0.3 is 0 Å². The molecule has 0 atom stereocenters. The summed E-state index contributed by atoms with van der Waals surface area (Å²) in [5.41, 5.74) is 1.84. The largest absolute Gasteiger partial charge is 0.480 e. The summed E-state index contributed by atoms with van der Waals surface area (Å²) >= 11 is 5.27. The van der Waals surface area contributed by atoms with Crippen molar-refractivity contribution in [1.82, 2.24) is 20.2 Å². The molecule has 0 spiro atoms. The van der Waals surface area contributed by atoms with Gasteiger partial charge in [-0.3, -0.25) is 0 Å². The Hall–Kier alpha value is -1.82. The zero-order chi connectivity index (χ0) is 13.9. The zero-order valence-corrected chi connectivity index (χ0v) is 12.1. The molecule has 0 aliphatic heterocycles. The first kappa shape index (κ1) is 13.2. The van der Waals surface area contributed by atoms with Crippen LogP contribution in [0.5, 0.6) is 5.88 Å². The third-order valence-corrected chi connectivity index (χ3v) is 3.86. The fourth-order valence-corrected chi connectivity index (χ4v) is 2.83. The summed E-state index contributed by atoms with van der Waals surface area (Å²) in [5.74, 6) is 1.72. The van der Waals surface area contributed by atoms with Gasteiger partial charge < -0.3 is 9.72 Å². The first-order valence-corrected chi connectivity index (χ1v) is 7.16. The molecule has 2 heterocycles. The van der Waals surface area contributed by atoms with Crippen molar-refractivity contribution in [3.05, 3.63) is 28.5 Å². The van der Waals surface area contributed by atoms with Gasteiger partial charge in [0.15, 0.2) is 5.82 Å². The lowest BCUT2D eigenvalue weighted by Gasteiger charge is -2.11. The van der Waals surface area contributed by atoms with Crippen molar-refractivity contribution in [2.24, 2.45) is 0 Å². The third kappa shape index (κ3) is 2.70. The predicted molar refractivity (Wildman–Crippen MR) is 78.2 cm³/mol. The molecule has 1 fully saturated rings. The molecule has 0 bridgehead atoms. The van der Waals surface area contributed by atoms with Gasteiger partial charge in [0.1, 0.15) is 10.3 Å². The van der Waals surface area contributed by atoms with Gasteiger partial charge in [0.05, 0.1) is 7.11 Å². The minimum atomic E-state index is 0.485. The van der Waals surface area contributed by atoms with Gasteiger partial charge in [-0.15, -0.1) is 10.2 Å². The molecule has 5 nitrogen and oxygen atoms in total. The van der Waals surface area contributed by atoms with Gasteiger partial charge in [0.25, 0.3) is 0 Å². The highest BCUT2D eigenvalue weighted by Gasteiger charge is 2.18. The van der Waals surface area contributed by atoms with E-state index in [1.54, 1.807) is 13.2 Å². The fourth-order valence-electron chi connectivity index (χ4n) is 2.61. The highest BCUT2D eigenvalue weighted by atomic mass is 32.1. The van der Waals surface area contributed by atoms with Crippen LogP contribution in [-0.2, 0) is 0 Å². The second-order valence-electron chi connectivity index (χ2n) is 4.97. The van der Waals surface area contributed by atoms with Gasteiger partial charge in [-0.05, 0) is 30.9 Å². The molecule has 3 rings (SSSR count). The Balaban J connectivity index is 1.97. The molecule has 1 saturated carbocycles. The maximum absolute atomic E-state index is 5.27. The molecular weight excluding hydrogens is 272 g/mol. The Bertz CT molecular complexity index is 647. The molecular formula is C14H16N4OS. The monoisotopic (exact) mass is 288 g/mol. The molecule has 2 aromatic rings. The van der Waals surface area contributed by atoms with Crippen LogP contribution in [-0.4, -0.2) is 27.3 Å². The summed E-state index contributed by atoms with van der Waals surface area (Å²) in [4.78, 5) is 7.71. The summed E-state index contributed by atoms with van der Waals surface area (Å²) in [5, 5.41) is 8.08. The SMILES string of the molecule is COc1ccc(-c2nc(=S)cc(C3CCCC3)[nH]2)nn1. The zero-order valence-electron chi connectivity index (χ0n) is 11.3. The quantitative estimate of drug-likeness (QED) is 0.878. The van der Waals surface area contributed by atoms with E-state index in [1.807, 2.05) is 12.1 Å². The lowest BCUT2D eigenvalue weighted by atomic mass is 10.0. The topological polar surface area (TPSA) is 63.7 Å². The average Bonchev–Trinajstić information content (AvgIpc) is 3.01. The van der Waals surface area contributed by atoms with Gasteiger partial charge in [-0.2, -0.15) is 0 Å². The number of rotatable bonds is 3. The highest BCUT2D eigenvalue weighted by molar-refractivity contribution is 7.71. The van der Waals surface area contributed by atoms with Crippen molar-refractivity contribution < 1.29 is 4.74 Å². The van der Waals surface area contributed by atoms with E-state index in [0.29, 0.717) is 28.0 Å². The standard InChI is InChI=1S/C14H16N4OS/c1-19-12-7-6-10(17-18-12)14-15-11(8-13(20)16-14)9-4-2-3-5-9/h6-9H,2-5H2,1H3,(H,15,16,20). The summed E-state index contributed by atoms with van der Waals surface area (Å²) in [6.45, 7) is 0. The second kappa shape index (κ2) is 5.66. The Morgan fingerprint density at radius 3 is 2.70 bits per heavy atom. The van der Waals surface area contributed by atoms with E-state index in [9.17, 15) is 0 Å². The van der Waals surface area contributed by atoms with E-state index < -0.39 is 0 Å². The fraction of sp³-hybridized carbons (Fsp3) is 0.429. The van der Waals surface area contributed by atoms with Crippen molar-refractivity contribution in [2.75, 3.05) is 7.11 Å². The van der Waals surface area contributed by atoms with Crippen LogP contribution in [0.15, 0.2) is 18.2 Å². The van der Waals surface area contributed by atoms with Gasteiger partial charge in [-0.25, -0.2) is 4.98 Å². The number of H-pyrrole nitrogens is 1. The minimum absolute atomic E-state index is 0.485. The van der Waals surface area contributed by atoms with Crippen LogP contribution >= 0.6 is 12.2 Å². The lowest BCUT2D eigenvalue weighted by Crippen LogP contribution is -2.02. The number of aromatic nitrogens is 4. The summed E-state index contributed by atoms with van der Waals surface area (Å²) in [6, 6.07) is 5.56. The van der Waals surface area contributed by atoms with E-state index >= 15 is 0 Å². The molecule has 1 aliphatic carbocycles. The highest BCUT2D eigenvalue weighted by Crippen LogP contribution is 2.33. The van der Waals surface area contributed by atoms with Gasteiger partial charge in [0, 0.05) is 11.8 Å². The molecule has 2 aromatic heterocycles. The molecule has 104 valence electrons. The van der Waals surface area contributed by atoms with Crippen molar-refractivity contribution in [3.63, 3.8) is 0 Å². The molecule has 20 heavy (non-hydrogen) atoms. The number of aromatic amines is 1. The number of hydrogen-bond donors (Lipinski definition) is 1. The normalized spacial score (nSPS) is 15.4. The molecule has 1 aliphatic rings. The first-order valence-electron chi connectivity index (χ1n) is 6.75. The average molecular weight is 288 g/mol. The van der Waals surface area contributed by atoms with E-state index in [4.69, 9.17) is 17.0 Å². The smallest absolute Gasteiger partial charge is 0.233 e. The molecule has 1 N–H and O–H groups in total. The molecule has 0 radical (unpaired) electrons. The number of ether oxygens (including phenoxy) is 1. The van der Waals surface area contributed by atoms with E-state index in [2.05, 4.69) is 20.2 Å². The summed E-state index contributed by atoms with van der Waals surface area (Å²) < 4.78 is 5.60. The van der Waals surface area contributed by atoms with Crippen LogP contribution in [0.2, 0.25) is 0 Å². The Labute approximate surface area is 122 Å². The third-order valence-electron chi connectivity index (χ3n) is 3.65. The Kier molecular flexibility index (Phi) is 3.73. The van der Waals surface area contributed by atoms with Crippen LogP contribution in [0.25, 0.3) is 11.5 Å². The van der Waals surface area contributed by atoms with Crippen LogP contribution < -0.4 is 4.74 Å².